The monoisotopic (exact) mass is 194 g/mol. The number of nitrogens with one attached hydrogen (secondary N) is 1. The lowest BCUT2D eigenvalue weighted by Gasteiger charge is -2.23. The molecular weight excluding hydrogens is 176 g/mol. The number of rotatable bonds is 4. The van der Waals surface area contributed by atoms with Crippen LogP contribution in [0.15, 0.2) is 18.5 Å². The fourth-order valence-corrected chi connectivity index (χ4v) is 1.06. The van der Waals surface area contributed by atoms with Crippen LogP contribution < -0.4 is 5.32 Å². The van der Waals surface area contributed by atoms with Gasteiger partial charge in [-0.2, -0.15) is 0 Å². The van der Waals surface area contributed by atoms with Crippen molar-refractivity contribution in [2.45, 2.75) is 20.8 Å². The van der Waals surface area contributed by atoms with Crippen molar-refractivity contribution in [3.63, 3.8) is 0 Å². The summed E-state index contributed by atoms with van der Waals surface area (Å²) < 4.78 is 0. The zero-order valence-corrected chi connectivity index (χ0v) is 9.04. The highest BCUT2D eigenvalue weighted by Crippen LogP contribution is 2.17. The number of aliphatic hydroxyl groups excluding tert-OH is 1. The molecule has 78 valence electrons. The summed E-state index contributed by atoms with van der Waals surface area (Å²) in [4.78, 5) is 4.02. The fraction of sp³-hybridized carbons (Fsp3) is 0.545. The highest BCUT2D eigenvalue weighted by atomic mass is 16.3. The van der Waals surface area contributed by atoms with Gasteiger partial charge in [-0.25, -0.2) is 0 Å². The Kier molecular flexibility index (Phi) is 3.47. The summed E-state index contributed by atoms with van der Waals surface area (Å²) in [7, 11) is 0. The van der Waals surface area contributed by atoms with Crippen LogP contribution in [0.25, 0.3) is 0 Å². The number of nitrogens with zero attached hydrogens (tertiary/aromatic N) is 1. The van der Waals surface area contributed by atoms with Crippen molar-refractivity contribution in [3.8, 4) is 0 Å². The molecule has 0 aromatic carbocycles. The average molecular weight is 194 g/mol. The molecule has 0 bridgehead atoms. The number of hydrogen-bond acceptors (Lipinski definition) is 3. The lowest BCUT2D eigenvalue weighted by Crippen LogP contribution is -2.27. The van der Waals surface area contributed by atoms with E-state index in [9.17, 15) is 0 Å². The number of pyridine rings is 1. The molecule has 3 heteroatoms. The molecule has 1 aromatic heterocycles. The molecule has 14 heavy (non-hydrogen) atoms. The first-order valence-electron chi connectivity index (χ1n) is 4.80. The first kappa shape index (κ1) is 11.0. The summed E-state index contributed by atoms with van der Waals surface area (Å²) in [5, 5.41) is 12.4. The highest BCUT2D eigenvalue weighted by molar-refractivity contribution is 5.48. The maximum Gasteiger partial charge on any atom is 0.0498 e. The second-order valence-corrected chi connectivity index (χ2v) is 4.37. The second-order valence-electron chi connectivity index (χ2n) is 4.37. The average Bonchev–Trinajstić information content (AvgIpc) is 2.17. The van der Waals surface area contributed by atoms with E-state index in [0.717, 1.165) is 17.8 Å². The van der Waals surface area contributed by atoms with Gasteiger partial charge >= 0.3 is 0 Å². The molecular formula is C11H18N2O. The maximum atomic E-state index is 9.09. The summed E-state index contributed by atoms with van der Waals surface area (Å²) in [6.45, 7) is 7.01. The van der Waals surface area contributed by atoms with Gasteiger partial charge in [-0.1, -0.05) is 13.8 Å². The van der Waals surface area contributed by atoms with E-state index in [4.69, 9.17) is 5.11 Å². The number of aromatic nitrogens is 1. The third kappa shape index (κ3) is 3.00. The lowest BCUT2D eigenvalue weighted by molar-refractivity contribution is 0.171. The van der Waals surface area contributed by atoms with Gasteiger partial charge in [0.25, 0.3) is 0 Å². The summed E-state index contributed by atoms with van der Waals surface area (Å²) in [5.41, 5.74) is 2.12. The van der Waals surface area contributed by atoms with Gasteiger partial charge in [0.15, 0.2) is 0 Å². The standard InChI is InChI=1S/C11H18N2O/c1-9-6-12-5-4-10(9)13-7-11(2,3)8-14/h4-6,14H,7-8H2,1-3H3,(H,12,13). The van der Waals surface area contributed by atoms with Crippen molar-refractivity contribution in [1.29, 1.82) is 0 Å². The van der Waals surface area contributed by atoms with Crippen molar-refractivity contribution in [3.05, 3.63) is 24.0 Å². The van der Waals surface area contributed by atoms with E-state index in [1.54, 1.807) is 6.20 Å². The molecule has 0 saturated heterocycles. The second kappa shape index (κ2) is 4.42. The molecule has 0 atom stereocenters. The van der Waals surface area contributed by atoms with Gasteiger partial charge in [-0.05, 0) is 18.6 Å². The molecule has 0 aliphatic rings. The lowest BCUT2D eigenvalue weighted by atomic mass is 9.95. The van der Waals surface area contributed by atoms with Gasteiger partial charge in [0, 0.05) is 36.6 Å². The molecule has 0 spiro atoms. The van der Waals surface area contributed by atoms with Crippen molar-refractivity contribution in [1.82, 2.24) is 4.98 Å². The first-order chi connectivity index (χ1) is 6.55. The smallest absolute Gasteiger partial charge is 0.0498 e. The molecule has 0 aliphatic heterocycles. The van der Waals surface area contributed by atoms with Crippen LogP contribution in [0.2, 0.25) is 0 Å². The van der Waals surface area contributed by atoms with Crippen LogP contribution in [0.5, 0.6) is 0 Å². The van der Waals surface area contributed by atoms with E-state index in [1.807, 2.05) is 33.0 Å². The molecule has 0 radical (unpaired) electrons. The van der Waals surface area contributed by atoms with Crippen LogP contribution in [0, 0.1) is 12.3 Å². The van der Waals surface area contributed by atoms with Crippen LogP contribution in [0.3, 0.4) is 0 Å². The Labute approximate surface area is 85.2 Å². The van der Waals surface area contributed by atoms with Gasteiger partial charge in [-0.15, -0.1) is 0 Å². The largest absolute Gasteiger partial charge is 0.396 e. The molecule has 0 aliphatic carbocycles. The Bertz CT molecular complexity index is 297. The van der Waals surface area contributed by atoms with E-state index in [0.29, 0.717) is 0 Å². The quantitative estimate of drug-likeness (QED) is 0.768. The minimum absolute atomic E-state index is 0.0876. The van der Waals surface area contributed by atoms with Crippen LogP contribution >= 0.6 is 0 Å². The molecule has 2 N–H and O–H groups in total. The SMILES string of the molecule is Cc1cnccc1NCC(C)(C)CO. The number of anilines is 1. The molecule has 0 saturated carbocycles. The van der Waals surface area contributed by atoms with Gasteiger partial charge < -0.3 is 10.4 Å². The first-order valence-corrected chi connectivity index (χ1v) is 4.80. The Morgan fingerprint density at radius 1 is 1.50 bits per heavy atom. The minimum atomic E-state index is -0.0876. The Morgan fingerprint density at radius 3 is 2.79 bits per heavy atom. The van der Waals surface area contributed by atoms with E-state index in [2.05, 4.69) is 10.3 Å². The third-order valence-electron chi connectivity index (χ3n) is 2.21. The molecule has 0 unspecified atom stereocenters. The Balaban J connectivity index is 2.58. The fourth-order valence-electron chi connectivity index (χ4n) is 1.06. The maximum absolute atomic E-state index is 9.09. The zero-order valence-electron chi connectivity index (χ0n) is 9.04. The van der Waals surface area contributed by atoms with Gasteiger partial charge in [0.1, 0.15) is 0 Å². The number of hydrogen-bond donors (Lipinski definition) is 2. The molecule has 1 rings (SSSR count). The molecule has 0 amide bonds. The summed E-state index contributed by atoms with van der Waals surface area (Å²) in [5.74, 6) is 0. The van der Waals surface area contributed by atoms with Crippen LogP contribution in [0.1, 0.15) is 19.4 Å². The summed E-state index contributed by atoms with van der Waals surface area (Å²) in [6.07, 6.45) is 3.59. The van der Waals surface area contributed by atoms with Crippen molar-refractivity contribution in [2.75, 3.05) is 18.5 Å². The van der Waals surface area contributed by atoms with Crippen molar-refractivity contribution in [2.24, 2.45) is 5.41 Å². The predicted octanol–water partition coefficient (Wildman–Crippen LogP) is 1.82. The molecule has 1 heterocycles. The third-order valence-corrected chi connectivity index (χ3v) is 2.21. The minimum Gasteiger partial charge on any atom is -0.396 e. The van der Waals surface area contributed by atoms with E-state index in [1.165, 1.54) is 0 Å². The Hall–Kier alpha value is -1.09. The van der Waals surface area contributed by atoms with Crippen LogP contribution in [0.4, 0.5) is 5.69 Å². The molecule has 1 aromatic rings. The molecule has 0 fully saturated rings. The van der Waals surface area contributed by atoms with Gasteiger partial charge in [-0.3, -0.25) is 4.98 Å². The number of aliphatic hydroxyl groups is 1. The highest BCUT2D eigenvalue weighted by Gasteiger charge is 2.15. The van der Waals surface area contributed by atoms with Crippen LogP contribution in [-0.2, 0) is 0 Å². The summed E-state index contributed by atoms with van der Waals surface area (Å²) >= 11 is 0. The van der Waals surface area contributed by atoms with Gasteiger partial charge in [0.05, 0.1) is 0 Å². The van der Waals surface area contributed by atoms with Gasteiger partial charge in [0.2, 0.25) is 0 Å². The molecule has 3 nitrogen and oxygen atoms in total. The Morgan fingerprint density at radius 2 is 2.21 bits per heavy atom. The van der Waals surface area contributed by atoms with E-state index >= 15 is 0 Å². The number of aryl methyl sites for hydroxylation is 1. The predicted molar refractivity (Wildman–Crippen MR) is 58.3 cm³/mol. The van der Waals surface area contributed by atoms with E-state index in [-0.39, 0.29) is 12.0 Å². The van der Waals surface area contributed by atoms with Crippen LogP contribution in [-0.4, -0.2) is 23.2 Å². The zero-order chi connectivity index (χ0) is 10.6. The van der Waals surface area contributed by atoms with Crippen molar-refractivity contribution < 1.29 is 5.11 Å². The normalized spacial score (nSPS) is 11.4. The van der Waals surface area contributed by atoms with Crippen molar-refractivity contribution >= 4 is 5.69 Å². The topological polar surface area (TPSA) is 45.2 Å². The van der Waals surface area contributed by atoms with E-state index < -0.39 is 0 Å². The summed E-state index contributed by atoms with van der Waals surface area (Å²) in [6, 6.07) is 1.95.